The van der Waals surface area contributed by atoms with E-state index in [9.17, 15) is 8.42 Å². The fourth-order valence-electron chi connectivity index (χ4n) is 1.48. The molecule has 0 atom stereocenters. The third-order valence-corrected chi connectivity index (χ3v) is 5.50. The average molecular weight is 331 g/mol. The first kappa shape index (κ1) is 16.1. The SMILES string of the molecule is CC(C)N(Cc1ccc(Cl)c(Cl)c1)S(=O)(=O)CCl. The molecule has 0 aromatic heterocycles. The molecule has 0 fully saturated rings. The number of hydrogen-bond acceptors (Lipinski definition) is 2. The van der Waals surface area contributed by atoms with Gasteiger partial charge in [0.15, 0.2) is 0 Å². The van der Waals surface area contributed by atoms with Gasteiger partial charge in [-0.25, -0.2) is 8.42 Å². The van der Waals surface area contributed by atoms with Gasteiger partial charge in [-0.3, -0.25) is 0 Å². The summed E-state index contributed by atoms with van der Waals surface area (Å²) in [6, 6.07) is 4.87. The summed E-state index contributed by atoms with van der Waals surface area (Å²) in [4.78, 5) is 0. The van der Waals surface area contributed by atoms with Crippen molar-refractivity contribution in [1.29, 1.82) is 0 Å². The van der Waals surface area contributed by atoms with E-state index in [1.54, 1.807) is 32.0 Å². The number of hydrogen-bond donors (Lipinski definition) is 0. The molecule has 0 radical (unpaired) electrons. The van der Waals surface area contributed by atoms with E-state index in [-0.39, 0.29) is 12.6 Å². The third kappa shape index (κ3) is 4.00. The van der Waals surface area contributed by atoms with Crippen LogP contribution in [0.15, 0.2) is 18.2 Å². The predicted molar refractivity (Wildman–Crippen MR) is 76.8 cm³/mol. The number of sulfonamides is 1. The number of nitrogens with zero attached hydrogens (tertiary/aromatic N) is 1. The normalized spacial score (nSPS) is 12.4. The van der Waals surface area contributed by atoms with E-state index in [1.165, 1.54) is 4.31 Å². The summed E-state index contributed by atoms with van der Waals surface area (Å²) in [6.07, 6.45) is 0. The lowest BCUT2D eigenvalue weighted by Gasteiger charge is -2.25. The van der Waals surface area contributed by atoms with Gasteiger partial charge in [-0.1, -0.05) is 29.3 Å². The second kappa shape index (κ2) is 6.44. The molecule has 0 spiro atoms. The van der Waals surface area contributed by atoms with Crippen LogP contribution in [0.25, 0.3) is 0 Å². The van der Waals surface area contributed by atoms with Crippen LogP contribution in [0.1, 0.15) is 19.4 Å². The van der Waals surface area contributed by atoms with Crippen molar-refractivity contribution in [2.24, 2.45) is 0 Å². The number of alkyl halides is 1. The third-order valence-electron chi connectivity index (χ3n) is 2.39. The average Bonchev–Trinajstić information content (AvgIpc) is 2.29. The van der Waals surface area contributed by atoms with Crippen molar-refractivity contribution in [2.75, 3.05) is 5.21 Å². The van der Waals surface area contributed by atoms with Crippen molar-refractivity contribution in [3.8, 4) is 0 Å². The summed E-state index contributed by atoms with van der Waals surface area (Å²) in [5, 5.41) is 0.407. The van der Waals surface area contributed by atoms with Gasteiger partial charge >= 0.3 is 0 Å². The highest BCUT2D eigenvalue weighted by molar-refractivity contribution is 7.90. The van der Waals surface area contributed by atoms with E-state index in [2.05, 4.69) is 0 Å². The van der Waals surface area contributed by atoms with Crippen molar-refractivity contribution in [3.05, 3.63) is 33.8 Å². The van der Waals surface area contributed by atoms with Crippen LogP contribution >= 0.6 is 34.8 Å². The molecular formula is C11H14Cl3NO2S. The minimum Gasteiger partial charge on any atom is -0.211 e. The van der Waals surface area contributed by atoms with Gasteiger partial charge in [0.1, 0.15) is 5.21 Å². The van der Waals surface area contributed by atoms with Crippen LogP contribution in [0.3, 0.4) is 0 Å². The van der Waals surface area contributed by atoms with Crippen molar-refractivity contribution in [3.63, 3.8) is 0 Å². The minimum atomic E-state index is -3.46. The zero-order valence-corrected chi connectivity index (χ0v) is 13.1. The van der Waals surface area contributed by atoms with Gasteiger partial charge in [0.25, 0.3) is 0 Å². The Kier molecular flexibility index (Phi) is 5.74. The van der Waals surface area contributed by atoms with E-state index in [1.807, 2.05) is 0 Å². The Morgan fingerprint density at radius 2 is 1.83 bits per heavy atom. The number of benzene rings is 1. The predicted octanol–water partition coefficient (Wildman–Crippen LogP) is 3.73. The molecule has 1 aromatic carbocycles. The molecular weight excluding hydrogens is 317 g/mol. The quantitative estimate of drug-likeness (QED) is 0.771. The van der Waals surface area contributed by atoms with Gasteiger partial charge in [-0.15, -0.1) is 11.6 Å². The molecule has 1 aromatic rings. The topological polar surface area (TPSA) is 37.4 Å². The van der Waals surface area contributed by atoms with Crippen LogP contribution in [-0.4, -0.2) is 24.0 Å². The fraction of sp³-hybridized carbons (Fsp3) is 0.455. The van der Waals surface area contributed by atoms with E-state index < -0.39 is 15.2 Å². The molecule has 1 rings (SSSR count). The first-order valence-corrected chi connectivity index (χ1v) is 8.17. The first-order chi connectivity index (χ1) is 8.27. The molecule has 18 heavy (non-hydrogen) atoms. The first-order valence-electron chi connectivity index (χ1n) is 5.27. The van der Waals surface area contributed by atoms with Gasteiger partial charge in [0.05, 0.1) is 10.0 Å². The summed E-state index contributed by atoms with van der Waals surface area (Å²) in [5.74, 6) is 0. The van der Waals surface area contributed by atoms with Crippen LogP contribution in [-0.2, 0) is 16.6 Å². The van der Waals surface area contributed by atoms with E-state index in [0.717, 1.165) is 5.56 Å². The molecule has 0 saturated carbocycles. The highest BCUT2D eigenvalue weighted by Gasteiger charge is 2.24. The van der Waals surface area contributed by atoms with Gasteiger partial charge in [-0.2, -0.15) is 4.31 Å². The Bertz CT molecular complexity index is 517. The maximum Gasteiger partial charge on any atom is 0.228 e. The van der Waals surface area contributed by atoms with Crippen LogP contribution in [0.4, 0.5) is 0 Å². The zero-order valence-electron chi connectivity index (χ0n) is 10.0. The molecule has 102 valence electrons. The van der Waals surface area contributed by atoms with E-state index in [4.69, 9.17) is 34.8 Å². The molecule has 0 saturated heterocycles. The Morgan fingerprint density at radius 3 is 2.28 bits per heavy atom. The van der Waals surface area contributed by atoms with Gasteiger partial charge in [-0.05, 0) is 31.5 Å². The lowest BCUT2D eigenvalue weighted by Crippen LogP contribution is -2.36. The smallest absolute Gasteiger partial charge is 0.211 e. The molecule has 0 unspecified atom stereocenters. The summed E-state index contributed by atoms with van der Waals surface area (Å²) in [6.45, 7) is 3.81. The summed E-state index contributed by atoms with van der Waals surface area (Å²) >= 11 is 17.2. The second-order valence-corrected chi connectivity index (χ2v) is 7.43. The molecule has 0 aliphatic heterocycles. The van der Waals surface area contributed by atoms with Crippen LogP contribution in [0, 0.1) is 0 Å². The maximum absolute atomic E-state index is 11.8. The highest BCUT2D eigenvalue weighted by atomic mass is 35.5. The van der Waals surface area contributed by atoms with Gasteiger partial charge < -0.3 is 0 Å². The number of rotatable bonds is 5. The lowest BCUT2D eigenvalue weighted by atomic mass is 10.2. The largest absolute Gasteiger partial charge is 0.228 e. The standard InChI is InChI=1S/C11H14Cl3NO2S/c1-8(2)15(18(16,17)7-12)6-9-3-4-10(13)11(14)5-9/h3-5,8H,6-7H2,1-2H3. The van der Waals surface area contributed by atoms with E-state index in [0.29, 0.717) is 10.0 Å². The van der Waals surface area contributed by atoms with Crippen molar-refractivity contribution in [1.82, 2.24) is 4.31 Å². The molecule has 7 heteroatoms. The molecule has 0 aliphatic carbocycles. The minimum absolute atomic E-state index is 0.178. The van der Waals surface area contributed by atoms with Crippen molar-refractivity contribution in [2.45, 2.75) is 26.4 Å². The molecule has 0 bridgehead atoms. The lowest BCUT2D eigenvalue weighted by molar-refractivity contribution is 0.350. The van der Waals surface area contributed by atoms with Gasteiger partial charge in [0.2, 0.25) is 10.0 Å². The van der Waals surface area contributed by atoms with Gasteiger partial charge in [0, 0.05) is 12.6 Å². The Balaban J connectivity index is 3.01. The summed E-state index contributed by atoms with van der Waals surface area (Å²) in [7, 11) is -3.46. The Hall–Kier alpha value is -0.000000000000000167. The van der Waals surface area contributed by atoms with Crippen LogP contribution in [0.5, 0.6) is 0 Å². The summed E-state index contributed by atoms with van der Waals surface area (Å²) in [5.41, 5.74) is 0.770. The van der Waals surface area contributed by atoms with Crippen molar-refractivity contribution >= 4 is 44.8 Å². The zero-order chi connectivity index (χ0) is 13.9. The van der Waals surface area contributed by atoms with Crippen LogP contribution < -0.4 is 0 Å². The highest BCUT2D eigenvalue weighted by Crippen LogP contribution is 2.24. The Labute approximate surface area is 123 Å². The molecule has 0 N–H and O–H groups in total. The number of halogens is 3. The molecule has 0 heterocycles. The van der Waals surface area contributed by atoms with Crippen LogP contribution in [0.2, 0.25) is 10.0 Å². The maximum atomic E-state index is 11.8. The van der Waals surface area contributed by atoms with E-state index >= 15 is 0 Å². The van der Waals surface area contributed by atoms with Crippen molar-refractivity contribution < 1.29 is 8.42 Å². The molecule has 0 aliphatic rings. The second-order valence-electron chi connectivity index (χ2n) is 4.11. The summed E-state index contributed by atoms with van der Waals surface area (Å²) < 4.78 is 25.0. The fourth-order valence-corrected chi connectivity index (χ4v) is 3.29. The molecule has 3 nitrogen and oxygen atoms in total. The Morgan fingerprint density at radius 1 is 1.22 bits per heavy atom. The molecule has 0 amide bonds. The monoisotopic (exact) mass is 329 g/mol.